The lowest BCUT2D eigenvalue weighted by Crippen LogP contribution is -2.46. The number of benzene rings is 1. The molecule has 1 rings (SSSR count). The Bertz CT molecular complexity index is 776. The molecule has 0 unspecified atom stereocenters. The van der Waals surface area contributed by atoms with Gasteiger partial charge >= 0.3 is 12.2 Å². The topological polar surface area (TPSA) is 123 Å². The third-order valence-electron chi connectivity index (χ3n) is 4.01. The molecule has 0 fully saturated rings. The monoisotopic (exact) mass is 453 g/mol. The minimum Gasteiger partial charge on any atom is -0.449 e. The Morgan fingerprint density at radius 1 is 1.00 bits per heavy atom. The number of aliphatic imine (C=N–C) groups is 1. The van der Waals surface area contributed by atoms with Crippen molar-refractivity contribution in [2.24, 2.45) is 10.9 Å². The van der Waals surface area contributed by atoms with Gasteiger partial charge in [0.15, 0.2) is 5.92 Å². The molecule has 0 saturated heterocycles. The Balaban J connectivity index is 2.94. The number of imide groups is 2. The number of hydrogen-bond donors (Lipinski definition) is 2. The average Bonchev–Trinajstić information content (AvgIpc) is 2.71. The van der Waals surface area contributed by atoms with Crippen molar-refractivity contribution in [1.29, 1.82) is 0 Å². The van der Waals surface area contributed by atoms with Crippen molar-refractivity contribution < 1.29 is 28.7 Å². The zero-order valence-corrected chi connectivity index (χ0v) is 18.7. The minimum atomic E-state index is -1.59. The fourth-order valence-corrected chi connectivity index (χ4v) is 2.34. The second kappa shape index (κ2) is 14.1. The lowest BCUT2D eigenvalue weighted by molar-refractivity contribution is -0.131. The molecule has 2 N–H and O–H groups in total. The lowest BCUT2D eigenvalue weighted by Gasteiger charge is -2.12. The highest BCUT2D eigenvalue weighted by Crippen LogP contribution is 2.23. The Labute approximate surface area is 186 Å². The van der Waals surface area contributed by atoms with Crippen molar-refractivity contribution in [2.45, 2.75) is 46.5 Å². The molecular formula is C21H28ClN3O6. The van der Waals surface area contributed by atoms with E-state index in [1.54, 1.807) is 25.1 Å². The number of alkyl carbamates (subject to hydrolysis) is 2. The van der Waals surface area contributed by atoms with E-state index in [2.05, 4.69) is 4.99 Å². The highest BCUT2D eigenvalue weighted by Gasteiger charge is 2.28. The molecule has 1 aromatic carbocycles. The third kappa shape index (κ3) is 10.1. The van der Waals surface area contributed by atoms with E-state index in [0.29, 0.717) is 23.6 Å². The molecule has 0 saturated carbocycles. The normalized spacial score (nSPS) is 10.7. The highest BCUT2D eigenvalue weighted by atomic mass is 35.5. The van der Waals surface area contributed by atoms with Crippen LogP contribution in [0.4, 0.5) is 15.3 Å². The summed E-state index contributed by atoms with van der Waals surface area (Å²) in [5.41, 5.74) is 1.17. The number of rotatable bonds is 10. The number of hydrogen-bond acceptors (Lipinski definition) is 7. The van der Waals surface area contributed by atoms with Gasteiger partial charge in [0.25, 0.3) is 0 Å². The summed E-state index contributed by atoms with van der Waals surface area (Å²) in [5, 5.41) is 4.37. The molecule has 0 aromatic heterocycles. The van der Waals surface area contributed by atoms with E-state index in [1.807, 2.05) is 24.5 Å². The van der Waals surface area contributed by atoms with Gasteiger partial charge in [-0.2, -0.15) is 0 Å². The predicted molar refractivity (Wildman–Crippen MR) is 117 cm³/mol. The maximum absolute atomic E-state index is 12.5. The van der Waals surface area contributed by atoms with E-state index in [9.17, 15) is 19.2 Å². The largest absolute Gasteiger partial charge is 0.449 e. The van der Waals surface area contributed by atoms with Gasteiger partial charge in [0.1, 0.15) is 0 Å². The van der Waals surface area contributed by atoms with Crippen molar-refractivity contribution in [3.8, 4) is 0 Å². The first-order chi connectivity index (χ1) is 14.8. The smallest absolute Gasteiger partial charge is 0.413 e. The van der Waals surface area contributed by atoms with Crippen LogP contribution in [0.2, 0.25) is 5.02 Å². The zero-order chi connectivity index (χ0) is 23.2. The van der Waals surface area contributed by atoms with Crippen molar-refractivity contribution >= 4 is 47.5 Å². The van der Waals surface area contributed by atoms with Gasteiger partial charge in [-0.25, -0.2) is 9.59 Å². The second-order valence-electron chi connectivity index (χ2n) is 6.64. The van der Waals surface area contributed by atoms with Crippen LogP contribution in [0.5, 0.6) is 0 Å². The molecule has 0 bridgehead atoms. The Kier molecular flexibility index (Phi) is 11.9. The van der Waals surface area contributed by atoms with Crippen LogP contribution in [0.15, 0.2) is 23.2 Å². The van der Waals surface area contributed by atoms with E-state index in [1.165, 1.54) is 0 Å². The molecule has 0 heterocycles. The van der Waals surface area contributed by atoms with Crippen LogP contribution < -0.4 is 10.6 Å². The molecule has 31 heavy (non-hydrogen) atoms. The number of carbonyl (C=O) groups is 4. The number of amides is 4. The van der Waals surface area contributed by atoms with Gasteiger partial charge in [-0.05, 0) is 37.5 Å². The fraction of sp³-hybridized carbons (Fsp3) is 0.476. The zero-order valence-electron chi connectivity index (χ0n) is 17.9. The van der Waals surface area contributed by atoms with Gasteiger partial charge in [-0.15, -0.1) is 0 Å². The first-order valence-electron chi connectivity index (χ1n) is 10.0. The lowest BCUT2D eigenvalue weighted by atomic mass is 10.1. The number of carbonyl (C=O) groups excluding carboxylic acids is 4. The number of nitrogens with zero attached hydrogens (tertiary/aromatic N) is 1. The van der Waals surface area contributed by atoms with E-state index in [0.717, 1.165) is 24.6 Å². The molecule has 0 atom stereocenters. The third-order valence-corrected chi connectivity index (χ3v) is 4.25. The SMILES string of the molecule is CCCCOC(=O)NC(=O)C(C=Nc1cc(Cl)ccc1C)C(=O)NC(=O)OCCCC. The molecule has 0 aliphatic rings. The first kappa shape index (κ1) is 26.1. The fourth-order valence-electron chi connectivity index (χ4n) is 2.18. The van der Waals surface area contributed by atoms with Crippen LogP contribution in [0, 0.1) is 12.8 Å². The van der Waals surface area contributed by atoms with Crippen LogP contribution >= 0.6 is 11.6 Å². The van der Waals surface area contributed by atoms with Crippen LogP contribution in [-0.4, -0.2) is 43.4 Å². The summed E-state index contributed by atoms with van der Waals surface area (Å²) < 4.78 is 9.74. The standard InChI is InChI=1S/C21H28ClN3O6/c1-4-6-10-30-20(28)24-18(26)16(19(27)25-21(29)31-11-7-5-2)13-23-17-12-15(22)9-8-14(17)3/h8-9,12-13,16H,4-7,10-11H2,1-3H3,(H,24,26,28)(H,25,27,29). The van der Waals surface area contributed by atoms with Gasteiger partial charge in [-0.1, -0.05) is 44.4 Å². The Hall–Kier alpha value is -2.94. The molecule has 0 aliphatic carbocycles. The Morgan fingerprint density at radius 2 is 1.52 bits per heavy atom. The molecule has 170 valence electrons. The number of halogens is 1. The highest BCUT2D eigenvalue weighted by molar-refractivity contribution is 6.30. The number of unbranched alkanes of at least 4 members (excludes halogenated alkanes) is 2. The van der Waals surface area contributed by atoms with Crippen LogP contribution in [0.25, 0.3) is 0 Å². The van der Waals surface area contributed by atoms with E-state index < -0.39 is 29.9 Å². The molecule has 4 amide bonds. The molecule has 0 aliphatic heterocycles. The summed E-state index contributed by atoms with van der Waals surface area (Å²) >= 11 is 5.96. The van der Waals surface area contributed by atoms with Crippen molar-refractivity contribution in [3.63, 3.8) is 0 Å². The maximum Gasteiger partial charge on any atom is 0.413 e. The molecule has 0 radical (unpaired) electrons. The van der Waals surface area contributed by atoms with Gasteiger partial charge < -0.3 is 9.47 Å². The summed E-state index contributed by atoms with van der Waals surface area (Å²) in [6.07, 6.45) is 1.91. The summed E-state index contributed by atoms with van der Waals surface area (Å²) in [6, 6.07) is 4.95. The first-order valence-corrected chi connectivity index (χ1v) is 10.4. The van der Waals surface area contributed by atoms with Crippen LogP contribution in [0.3, 0.4) is 0 Å². The van der Waals surface area contributed by atoms with Gasteiger partial charge in [-0.3, -0.25) is 25.2 Å². The van der Waals surface area contributed by atoms with Gasteiger partial charge in [0, 0.05) is 11.2 Å². The Morgan fingerprint density at radius 3 is 2.00 bits per heavy atom. The van der Waals surface area contributed by atoms with Crippen molar-refractivity contribution in [3.05, 3.63) is 28.8 Å². The van der Waals surface area contributed by atoms with E-state index in [-0.39, 0.29) is 13.2 Å². The number of nitrogens with one attached hydrogen (secondary N) is 2. The van der Waals surface area contributed by atoms with Crippen molar-refractivity contribution in [2.75, 3.05) is 13.2 Å². The molecule has 1 aromatic rings. The average molecular weight is 454 g/mol. The molecular weight excluding hydrogens is 426 g/mol. The molecule has 9 nitrogen and oxygen atoms in total. The quantitative estimate of drug-likeness (QED) is 0.312. The maximum atomic E-state index is 12.5. The summed E-state index contributed by atoms with van der Waals surface area (Å²) in [5.74, 6) is -3.58. The van der Waals surface area contributed by atoms with E-state index >= 15 is 0 Å². The van der Waals surface area contributed by atoms with Gasteiger partial charge in [0.05, 0.1) is 18.9 Å². The summed E-state index contributed by atoms with van der Waals surface area (Å²) in [7, 11) is 0. The minimum absolute atomic E-state index is 0.131. The number of ether oxygens (including phenoxy) is 2. The predicted octanol–water partition coefficient (Wildman–Crippen LogP) is 4.07. The van der Waals surface area contributed by atoms with Crippen LogP contribution in [-0.2, 0) is 19.1 Å². The van der Waals surface area contributed by atoms with Crippen molar-refractivity contribution in [1.82, 2.24) is 10.6 Å². The number of aryl methyl sites for hydroxylation is 1. The molecule has 0 spiro atoms. The summed E-state index contributed by atoms with van der Waals surface area (Å²) in [6.45, 7) is 5.87. The molecule has 10 heteroatoms. The van der Waals surface area contributed by atoms with E-state index in [4.69, 9.17) is 21.1 Å². The summed E-state index contributed by atoms with van der Waals surface area (Å²) in [4.78, 5) is 52.7. The second-order valence-corrected chi connectivity index (χ2v) is 7.08. The van der Waals surface area contributed by atoms with Crippen LogP contribution in [0.1, 0.15) is 45.1 Å². The van der Waals surface area contributed by atoms with Gasteiger partial charge in [0.2, 0.25) is 11.8 Å².